The summed E-state index contributed by atoms with van der Waals surface area (Å²) in [6.07, 6.45) is -0.777. The van der Waals surface area contributed by atoms with E-state index in [1.807, 2.05) is 18.2 Å². The second-order valence-corrected chi connectivity index (χ2v) is 10.6. The molecule has 0 saturated carbocycles. The number of rotatable bonds is 6. The summed E-state index contributed by atoms with van der Waals surface area (Å²) in [5.41, 5.74) is 2.44. The maximum absolute atomic E-state index is 13.3. The van der Waals surface area contributed by atoms with Crippen LogP contribution in [0.2, 0.25) is 10.0 Å². The molecule has 0 saturated heterocycles. The van der Waals surface area contributed by atoms with Crippen molar-refractivity contribution >= 4 is 87.2 Å². The maximum atomic E-state index is 13.3. The highest BCUT2D eigenvalue weighted by atomic mass is 35.5. The second-order valence-electron chi connectivity index (χ2n) is 8.63. The minimum Gasteiger partial charge on any atom is -0.453 e. The van der Waals surface area contributed by atoms with Crippen LogP contribution in [0.3, 0.4) is 0 Å². The van der Waals surface area contributed by atoms with Gasteiger partial charge in [-0.25, -0.2) is 23.9 Å². The third-order valence-electron chi connectivity index (χ3n) is 5.81. The van der Waals surface area contributed by atoms with E-state index in [9.17, 15) is 14.4 Å². The van der Waals surface area contributed by atoms with Gasteiger partial charge in [-0.3, -0.25) is 5.32 Å². The van der Waals surface area contributed by atoms with Gasteiger partial charge in [0.05, 0.1) is 39.6 Å². The fourth-order valence-electron chi connectivity index (χ4n) is 3.88. The van der Waals surface area contributed by atoms with Gasteiger partial charge in [0.1, 0.15) is 0 Å². The van der Waals surface area contributed by atoms with Crippen LogP contribution < -0.4 is 21.3 Å². The van der Waals surface area contributed by atoms with E-state index in [1.165, 1.54) is 23.4 Å². The average molecular weight is 622 g/mol. The molecule has 0 atom stereocenters. The summed E-state index contributed by atoms with van der Waals surface area (Å²) in [6, 6.07) is 25.4. The van der Waals surface area contributed by atoms with E-state index in [-0.39, 0.29) is 5.95 Å². The zero-order chi connectivity index (χ0) is 29.6. The molecule has 10 nitrogen and oxygen atoms in total. The van der Waals surface area contributed by atoms with Crippen LogP contribution in [-0.2, 0) is 4.74 Å². The summed E-state index contributed by atoms with van der Waals surface area (Å²) in [4.78, 5) is 43.8. The Bertz CT molecular complexity index is 1800. The lowest BCUT2D eigenvalue weighted by atomic mass is 10.3. The summed E-state index contributed by atoms with van der Waals surface area (Å²) in [6.45, 7) is 0. The first-order chi connectivity index (χ1) is 20.3. The van der Waals surface area contributed by atoms with Crippen LogP contribution in [0.15, 0.2) is 101 Å². The summed E-state index contributed by atoms with van der Waals surface area (Å²) in [7, 11) is 1.22. The van der Waals surface area contributed by atoms with Crippen molar-refractivity contribution in [2.24, 2.45) is 0 Å². The van der Waals surface area contributed by atoms with Crippen molar-refractivity contribution in [1.29, 1.82) is 0 Å². The Morgan fingerprint density at radius 1 is 0.762 bits per heavy atom. The highest BCUT2D eigenvalue weighted by molar-refractivity contribution is 7.99. The quantitative estimate of drug-likeness (QED) is 0.151. The molecule has 1 heterocycles. The molecule has 0 radical (unpaired) electrons. The molecule has 0 aliphatic carbocycles. The number of hydrogen-bond donors (Lipinski definition) is 4. The van der Waals surface area contributed by atoms with Gasteiger partial charge in [0.25, 0.3) is 0 Å². The highest BCUT2D eigenvalue weighted by Gasteiger charge is 2.20. The molecule has 13 heteroatoms. The highest BCUT2D eigenvalue weighted by Crippen LogP contribution is 2.32. The number of hydrogen-bond acceptors (Lipinski definition) is 6. The average Bonchev–Trinajstić information content (AvgIpc) is 3.33. The number of nitrogens with one attached hydrogen (secondary N) is 4. The van der Waals surface area contributed by atoms with Crippen molar-refractivity contribution in [1.82, 2.24) is 9.55 Å². The van der Waals surface area contributed by atoms with Crippen molar-refractivity contribution < 1.29 is 19.1 Å². The van der Waals surface area contributed by atoms with Crippen molar-refractivity contribution in [3.63, 3.8) is 0 Å². The molecular formula is C29H22Cl2N6O4S. The standard InChI is InChI=1S/C29H22Cl2N6O4S/c1-41-29(40)36-26-33-24-16-19(14-15-25(24)37(26)28(39)35-23-9-5-3-7-21(23)31)42-18-12-10-17(11-13-18)32-27(38)34-22-8-4-2-6-20(22)30/h2-16H,1H3,(H,35,39)(H2,32,34,38)(H,33,36,40). The van der Waals surface area contributed by atoms with Gasteiger partial charge in [0.15, 0.2) is 0 Å². The molecule has 0 aliphatic rings. The van der Waals surface area contributed by atoms with Crippen LogP contribution in [0.25, 0.3) is 11.0 Å². The van der Waals surface area contributed by atoms with E-state index in [0.717, 1.165) is 9.79 Å². The first-order valence-electron chi connectivity index (χ1n) is 12.3. The lowest BCUT2D eigenvalue weighted by Crippen LogP contribution is -2.24. The molecule has 4 aromatic carbocycles. The number of anilines is 4. The number of para-hydroxylation sites is 2. The fourth-order valence-corrected chi connectivity index (χ4v) is 5.10. The number of imidazole rings is 1. The second kappa shape index (κ2) is 12.9. The number of fused-ring (bicyclic) bond motifs is 1. The predicted octanol–water partition coefficient (Wildman–Crippen LogP) is 8.40. The Hall–Kier alpha value is -4.71. The van der Waals surface area contributed by atoms with Gasteiger partial charge in [-0.05, 0) is 66.7 Å². The zero-order valence-electron chi connectivity index (χ0n) is 21.9. The first-order valence-corrected chi connectivity index (χ1v) is 13.9. The SMILES string of the molecule is COC(=O)Nc1nc2cc(Sc3ccc(NC(=O)Nc4ccccc4Cl)cc3)ccc2n1C(=O)Nc1ccccc1Cl. The number of benzene rings is 4. The van der Waals surface area contributed by atoms with E-state index in [0.29, 0.717) is 38.1 Å². The molecule has 0 unspecified atom stereocenters. The Morgan fingerprint density at radius 2 is 1.38 bits per heavy atom. The molecular weight excluding hydrogens is 599 g/mol. The van der Waals surface area contributed by atoms with Crippen LogP contribution in [0.5, 0.6) is 0 Å². The van der Waals surface area contributed by atoms with Crippen LogP contribution in [0.4, 0.5) is 37.4 Å². The van der Waals surface area contributed by atoms with Crippen molar-refractivity contribution in [3.8, 4) is 0 Å². The first kappa shape index (κ1) is 28.8. The number of carbonyl (C=O) groups is 3. The molecule has 5 rings (SSSR count). The minimum absolute atomic E-state index is 0.0194. The van der Waals surface area contributed by atoms with Crippen molar-refractivity contribution in [2.75, 3.05) is 28.4 Å². The van der Waals surface area contributed by atoms with Gasteiger partial charge in [0.2, 0.25) is 5.95 Å². The molecule has 4 amide bonds. The van der Waals surface area contributed by atoms with E-state index < -0.39 is 18.2 Å². The molecule has 212 valence electrons. The van der Waals surface area contributed by atoms with Gasteiger partial charge >= 0.3 is 18.2 Å². The van der Waals surface area contributed by atoms with E-state index in [1.54, 1.807) is 72.8 Å². The molecule has 0 bridgehead atoms. The monoisotopic (exact) mass is 620 g/mol. The lowest BCUT2D eigenvalue weighted by Gasteiger charge is -2.11. The Labute approximate surface area is 254 Å². The third kappa shape index (κ3) is 6.77. The van der Waals surface area contributed by atoms with Gasteiger partial charge in [-0.15, -0.1) is 0 Å². The van der Waals surface area contributed by atoms with E-state index in [4.69, 9.17) is 27.9 Å². The number of nitrogens with zero attached hydrogens (tertiary/aromatic N) is 2. The van der Waals surface area contributed by atoms with Crippen molar-refractivity contribution in [2.45, 2.75) is 9.79 Å². The molecule has 0 aliphatic heterocycles. The van der Waals surface area contributed by atoms with Crippen molar-refractivity contribution in [3.05, 3.63) is 101 Å². The molecule has 4 N–H and O–H groups in total. The van der Waals surface area contributed by atoms with Gasteiger partial charge in [-0.2, -0.15) is 0 Å². The summed E-state index contributed by atoms with van der Waals surface area (Å²) in [5, 5.41) is 11.5. The molecule has 0 spiro atoms. The lowest BCUT2D eigenvalue weighted by molar-refractivity contribution is 0.186. The number of halogens is 2. The smallest absolute Gasteiger partial charge is 0.413 e. The van der Waals surface area contributed by atoms with Crippen LogP contribution >= 0.6 is 35.0 Å². The van der Waals surface area contributed by atoms with Gasteiger partial charge < -0.3 is 20.7 Å². The third-order valence-corrected chi connectivity index (χ3v) is 7.47. The number of carbonyl (C=O) groups excluding carboxylic acids is 3. The van der Waals surface area contributed by atoms with E-state index in [2.05, 4.69) is 26.3 Å². The zero-order valence-corrected chi connectivity index (χ0v) is 24.2. The van der Waals surface area contributed by atoms with E-state index >= 15 is 0 Å². The largest absolute Gasteiger partial charge is 0.453 e. The molecule has 5 aromatic rings. The topological polar surface area (TPSA) is 126 Å². The predicted molar refractivity (Wildman–Crippen MR) is 166 cm³/mol. The molecule has 42 heavy (non-hydrogen) atoms. The maximum Gasteiger partial charge on any atom is 0.413 e. The Balaban J connectivity index is 1.32. The summed E-state index contributed by atoms with van der Waals surface area (Å²) in [5.74, 6) is -0.0194. The van der Waals surface area contributed by atoms with Crippen LogP contribution in [-0.4, -0.2) is 34.8 Å². The number of amides is 4. The number of urea groups is 1. The Morgan fingerprint density at radius 3 is 2.02 bits per heavy atom. The number of aromatic nitrogens is 2. The fraction of sp³-hybridized carbons (Fsp3) is 0.0345. The van der Waals surface area contributed by atoms with Gasteiger partial charge in [-0.1, -0.05) is 59.2 Å². The Kier molecular flexibility index (Phi) is 8.82. The number of ether oxygens (including phenoxy) is 1. The summed E-state index contributed by atoms with van der Waals surface area (Å²) < 4.78 is 5.93. The molecule has 0 fully saturated rings. The van der Waals surface area contributed by atoms with Gasteiger partial charge in [0, 0.05) is 15.5 Å². The molecule has 1 aromatic heterocycles. The van der Waals surface area contributed by atoms with Crippen LogP contribution in [0, 0.1) is 0 Å². The minimum atomic E-state index is -0.777. The van der Waals surface area contributed by atoms with Crippen LogP contribution in [0.1, 0.15) is 0 Å². The number of methoxy groups -OCH3 is 1. The normalized spacial score (nSPS) is 10.6. The summed E-state index contributed by atoms with van der Waals surface area (Å²) >= 11 is 13.8.